The third kappa shape index (κ3) is 1.88. The lowest BCUT2D eigenvalue weighted by molar-refractivity contribution is 0.570. The van der Waals surface area contributed by atoms with E-state index >= 15 is 0 Å². The molecular formula is C9H14N2O2. The van der Waals surface area contributed by atoms with Crippen LogP contribution in [-0.4, -0.2) is 9.97 Å². The van der Waals surface area contributed by atoms with E-state index in [1.165, 1.54) is 0 Å². The Bertz CT molecular complexity index is 420. The molecule has 0 amide bonds. The zero-order chi connectivity index (χ0) is 10.2. The first kappa shape index (κ1) is 9.77. The number of aromatic nitrogens is 2. The highest BCUT2D eigenvalue weighted by Crippen LogP contribution is 2.19. The van der Waals surface area contributed by atoms with E-state index in [4.69, 9.17) is 0 Å². The smallest absolute Gasteiger partial charge is 0.311 e. The molecule has 0 aliphatic rings. The number of aryl methyl sites for hydroxylation is 1. The molecular weight excluding hydrogens is 168 g/mol. The largest absolute Gasteiger partial charge is 0.325 e. The molecule has 72 valence electrons. The average molecular weight is 182 g/mol. The third-order valence-corrected chi connectivity index (χ3v) is 1.88. The van der Waals surface area contributed by atoms with Crippen molar-refractivity contribution in [1.82, 2.24) is 9.97 Å². The Morgan fingerprint density at radius 2 is 1.62 bits per heavy atom. The fraction of sp³-hybridized carbons (Fsp3) is 0.556. The summed E-state index contributed by atoms with van der Waals surface area (Å²) in [4.78, 5) is 27.1. The zero-order valence-electron chi connectivity index (χ0n) is 8.32. The van der Waals surface area contributed by atoms with Crippen LogP contribution in [0, 0.1) is 6.92 Å². The van der Waals surface area contributed by atoms with Crippen LogP contribution in [0.15, 0.2) is 9.59 Å². The van der Waals surface area contributed by atoms with Crippen LogP contribution >= 0.6 is 0 Å². The SMILES string of the molecule is Cc1[nH]c(=O)[nH]c(=O)c1C(C)(C)C. The van der Waals surface area contributed by atoms with Gasteiger partial charge in [0.25, 0.3) is 5.56 Å². The molecule has 0 saturated heterocycles. The third-order valence-electron chi connectivity index (χ3n) is 1.88. The molecule has 4 heteroatoms. The standard InChI is InChI=1S/C9H14N2O2/c1-5-6(9(2,3)4)7(12)11-8(13)10-5/h1-4H3,(H2,10,11,12,13). The molecule has 0 fully saturated rings. The number of rotatable bonds is 0. The van der Waals surface area contributed by atoms with E-state index < -0.39 is 5.69 Å². The molecule has 1 aromatic heterocycles. The normalized spacial score (nSPS) is 11.7. The van der Waals surface area contributed by atoms with Crippen LogP contribution in [0.3, 0.4) is 0 Å². The van der Waals surface area contributed by atoms with Gasteiger partial charge in [-0.25, -0.2) is 4.79 Å². The van der Waals surface area contributed by atoms with Gasteiger partial charge in [-0.15, -0.1) is 0 Å². The lowest BCUT2D eigenvalue weighted by Crippen LogP contribution is -2.33. The summed E-state index contributed by atoms with van der Waals surface area (Å²) in [5, 5.41) is 0. The van der Waals surface area contributed by atoms with Crippen molar-refractivity contribution in [2.24, 2.45) is 0 Å². The van der Waals surface area contributed by atoms with E-state index in [2.05, 4.69) is 9.97 Å². The van der Waals surface area contributed by atoms with Crippen molar-refractivity contribution in [2.45, 2.75) is 33.1 Å². The summed E-state index contributed by atoms with van der Waals surface area (Å²) in [5.41, 5.74) is 0.277. The molecule has 0 saturated carbocycles. The second kappa shape index (κ2) is 2.87. The number of nitrogens with one attached hydrogen (secondary N) is 2. The van der Waals surface area contributed by atoms with Crippen LogP contribution in [0.1, 0.15) is 32.0 Å². The maximum Gasteiger partial charge on any atom is 0.325 e. The van der Waals surface area contributed by atoms with E-state index in [0.29, 0.717) is 11.3 Å². The summed E-state index contributed by atoms with van der Waals surface area (Å²) in [6.45, 7) is 7.53. The van der Waals surface area contributed by atoms with Crippen molar-refractivity contribution in [2.75, 3.05) is 0 Å². The van der Waals surface area contributed by atoms with E-state index in [0.717, 1.165) is 0 Å². The first-order valence-electron chi connectivity index (χ1n) is 4.16. The van der Waals surface area contributed by atoms with Gasteiger partial charge in [0.2, 0.25) is 0 Å². The second-order valence-electron chi connectivity index (χ2n) is 4.16. The van der Waals surface area contributed by atoms with Gasteiger partial charge in [-0.3, -0.25) is 9.78 Å². The maximum atomic E-state index is 11.4. The number of hydrogen-bond donors (Lipinski definition) is 2. The quantitative estimate of drug-likeness (QED) is 0.619. The topological polar surface area (TPSA) is 65.7 Å². The van der Waals surface area contributed by atoms with Crippen LogP contribution in [0.4, 0.5) is 0 Å². The molecule has 1 aromatic rings. The molecule has 4 nitrogen and oxygen atoms in total. The molecule has 0 aliphatic carbocycles. The molecule has 0 unspecified atom stereocenters. The summed E-state index contributed by atoms with van der Waals surface area (Å²) in [7, 11) is 0. The first-order valence-corrected chi connectivity index (χ1v) is 4.16. The highest BCUT2D eigenvalue weighted by atomic mass is 16.2. The van der Waals surface area contributed by atoms with Crippen LogP contribution in [0.5, 0.6) is 0 Å². The van der Waals surface area contributed by atoms with Gasteiger partial charge in [-0.05, 0) is 12.3 Å². The van der Waals surface area contributed by atoms with E-state index in [-0.39, 0.29) is 11.0 Å². The molecule has 0 aromatic carbocycles. The van der Waals surface area contributed by atoms with Crippen LogP contribution in [0.2, 0.25) is 0 Å². The minimum absolute atomic E-state index is 0.248. The van der Waals surface area contributed by atoms with Gasteiger partial charge in [-0.1, -0.05) is 20.8 Å². The van der Waals surface area contributed by atoms with Gasteiger partial charge in [0.1, 0.15) is 0 Å². The molecule has 0 bridgehead atoms. The number of hydrogen-bond acceptors (Lipinski definition) is 2. The summed E-state index contributed by atoms with van der Waals surface area (Å²) < 4.78 is 0. The summed E-state index contributed by atoms with van der Waals surface area (Å²) >= 11 is 0. The van der Waals surface area contributed by atoms with Gasteiger partial charge in [0.05, 0.1) is 0 Å². The molecule has 1 rings (SSSR count). The minimum atomic E-state index is -0.449. The summed E-state index contributed by atoms with van der Waals surface area (Å²) in [6.07, 6.45) is 0. The molecule has 2 N–H and O–H groups in total. The molecule has 0 radical (unpaired) electrons. The average Bonchev–Trinajstić information content (AvgIpc) is 1.78. The van der Waals surface area contributed by atoms with Crippen LogP contribution < -0.4 is 11.2 Å². The Morgan fingerprint density at radius 3 is 2.00 bits per heavy atom. The Labute approximate surface area is 76.0 Å². The Kier molecular flexibility index (Phi) is 2.15. The molecule has 0 aliphatic heterocycles. The molecule has 0 atom stereocenters. The van der Waals surface area contributed by atoms with Gasteiger partial charge in [-0.2, -0.15) is 0 Å². The van der Waals surface area contributed by atoms with Crippen molar-refractivity contribution in [3.05, 3.63) is 32.1 Å². The Balaban J connectivity index is 3.57. The summed E-state index contributed by atoms with van der Waals surface area (Å²) in [5.74, 6) is 0. The van der Waals surface area contributed by atoms with Crippen molar-refractivity contribution in [3.8, 4) is 0 Å². The fourth-order valence-electron chi connectivity index (χ4n) is 1.50. The van der Waals surface area contributed by atoms with Crippen molar-refractivity contribution in [3.63, 3.8) is 0 Å². The van der Waals surface area contributed by atoms with E-state index in [9.17, 15) is 9.59 Å². The number of H-pyrrole nitrogens is 2. The highest BCUT2D eigenvalue weighted by molar-refractivity contribution is 5.22. The molecule has 1 heterocycles. The van der Waals surface area contributed by atoms with Crippen molar-refractivity contribution in [1.29, 1.82) is 0 Å². The van der Waals surface area contributed by atoms with Gasteiger partial charge in [0, 0.05) is 11.3 Å². The zero-order valence-corrected chi connectivity index (χ0v) is 8.32. The summed E-state index contributed by atoms with van der Waals surface area (Å²) in [6, 6.07) is 0. The molecule has 13 heavy (non-hydrogen) atoms. The minimum Gasteiger partial charge on any atom is -0.311 e. The van der Waals surface area contributed by atoms with Crippen molar-refractivity contribution < 1.29 is 0 Å². The van der Waals surface area contributed by atoms with Gasteiger partial charge in [0.15, 0.2) is 0 Å². The monoisotopic (exact) mass is 182 g/mol. The lowest BCUT2D eigenvalue weighted by atomic mass is 9.87. The van der Waals surface area contributed by atoms with Crippen LogP contribution in [0.25, 0.3) is 0 Å². The predicted molar refractivity (Wildman–Crippen MR) is 51.1 cm³/mol. The van der Waals surface area contributed by atoms with Gasteiger partial charge >= 0.3 is 5.69 Å². The second-order valence-corrected chi connectivity index (χ2v) is 4.16. The Hall–Kier alpha value is -1.32. The van der Waals surface area contributed by atoms with E-state index in [1.807, 2.05) is 20.8 Å². The van der Waals surface area contributed by atoms with Gasteiger partial charge < -0.3 is 4.98 Å². The van der Waals surface area contributed by atoms with Crippen LogP contribution in [-0.2, 0) is 5.41 Å². The maximum absolute atomic E-state index is 11.4. The Morgan fingerprint density at radius 1 is 1.08 bits per heavy atom. The van der Waals surface area contributed by atoms with E-state index in [1.54, 1.807) is 6.92 Å². The highest BCUT2D eigenvalue weighted by Gasteiger charge is 2.20. The first-order chi connectivity index (χ1) is 5.82. The number of aromatic amines is 2. The predicted octanol–water partition coefficient (Wildman–Crippen LogP) is 0.669. The fourth-order valence-corrected chi connectivity index (χ4v) is 1.50. The lowest BCUT2D eigenvalue weighted by Gasteiger charge is -2.19. The van der Waals surface area contributed by atoms with Crippen molar-refractivity contribution >= 4 is 0 Å². The molecule has 0 spiro atoms.